The minimum Gasteiger partial charge on any atom is -0.458 e. The first-order valence-electron chi connectivity index (χ1n) is 15.4. The highest BCUT2D eigenvalue weighted by Gasteiger charge is 2.68. The molecule has 7 atom stereocenters. The van der Waals surface area contributed by atoms with Crippen molar-refractivity contribution >= 4 is 17.5 Å². The molecule has 0 radical (unpaired) electrons. The van der Waals surface area contributed by atoms with Gasteiger partial charge >= 0.3 is 5.97 Å². The summed E-state index contributed by atoms with van der Waals surface area (Å²) in [6, 6.07) is 0. The SMILES string of the molecule is [2H]C1([2H])[C@]([2H])(O)[C@@]2([2H])[C@@H](CCC3=CC(=O)CC[C@@]32C)[C@@H]2CC[C@](O)(C(=O)COC(=O)CCCCCCC)[C@]21C. The maximum absolute atomic E-state index is 13.5. The van der Waals surface area contributed by atoms with Gasteiger partial charge in [-0.05, 0) is 74.1 Å². The maximum atomic E-state index is 13.5. The van der Waals surface area contributed by atoms with Crippen LogP contribution in [0.4, 0.5) is 0 Å². The first-order valence-corrected chi connectivity index (χ1v) is 13.4. The fourth-order valence-electron chi connectivity index (χ4n) is 7.29. The lowest BCUT2D eigenvalue weighted by Gasteiger charge is -2.60. The molecule has 6 nitrogen and oxygen atoms in total. The van der Waals surface area contributed by atoms with Crippen LogP contribution in [0.5, 0.6) is 0 Å². The Morgan fingerprint density at radius 3 is 2.66 bits per heavy atom. The van der Waals surface area contributed by atoms with E-state index in [9.17, 15) is 26.0 Å². The largest absolute Gasteiger partial charge is 0.458 e. The number of allylic oxidation sites excluding steroid dienone is 1. The molecule has 0 heterocycles. The van der Waals surface area contributed by atoms with Gasteiger partial charge in [0.05, 0.1) is 7.45 Å². The van der Waals surface area contributed by atoms with E-state index in [-0.39, 0.29) is 37.9 Å². The minimum atomic E-state index is -3.00. The fraction of sp³-hybridized carbons (Fsp3) is 0.828. The molecule has 0 unspecified atom stereocenters. The van der Waals surface area contributed by atoms with E-state index in [4.69, 9.17) is 8.85 Å². The Hall–Kier alpha value is -1.53. The van der Waals surface area contributed by atoms with Gasteiger partial charge in [0, 0.05) is 22.4 Å². The summed E-state index contributed by atoms with van der Waals surface area (Å²) in [6.07, 6.45) is 1.80. The topological polar surface area (TPSA) is 101 Å². The van der Waals surface area contributed by atoms with Crippen LogP contribution in [0.2, 0.25) is 0 Å². The number of aliphatic hydroxyl groups is 2. The number of Topliss-reactive ketones (excluding diaryl/α,β-unsaturated/α-hetero) is 1. The molecule has 196 valence electrons. The summed E-state index contributed by atoms with van der Waals surface area (Å²) in [5, 5.41) is 23.7. The van der Waals surface area contributed by atoms with E-state index in [1.54, 1.807) is 6.92 Å². The predicted octanol–water partition coefficient (Wildman–Crippen LogP) is 4.69. The van der Waals surface area contributed by atoms with Crippen LogP contribution in [0.1, 0.15) is 110 Å². The quantitative estimate of drug-likeness (QED) is 0.358. The van der Waals surface area contributed by atoms with Gasteiger partial charge in [0.15, 0.2) is 12.4 Å². The van der Waals surface area contributed by atoms with Gasteiger partial charge in [0.2, 0.25) is 5.78 Å². The number of fused-ring (bicyclic) bond motifs is 5. The van der Waals surface area contributed by atoms with Gasteiger partial charge in [-0.3, -0.25) is 14.4 Å². The molecule has 0 aliphatic heterocycles. The zero-order valence-electron chi connectivity index (χ0n) is 25.5. The van der Waals surface area contributed by atoms with E-state index in [2.05, 4.69) is 6.92 Å². The molecule has 0 aromatic carbocycles. The van der Waals surface area contributed by atoms with Crippen LogP contribution in [0.3, 0.4) is 0 Å². The Balaban J connectivity index is 1.62. The monoisotopic (exact) mass is 492 g/mol. The summed E-state index contributed by atoms with van der Waals surface area (Å²) >= 11 is 0. The molecule has 0 aromatic rings. The Morgan fingerprint density at radius 1 is 1.17 bits per heavy atom. The van der Waals surface area contributed by atoms with Crippen molar-refractivity contribution in [3.05, 3.63) is 11.6 Å². The summed E-state index contributed by atoms with van der Waals surface area (Å²) in [7, 11) is 0. The molecule has 6 heteroatoms. The highest BCUT2D eigenvalue weighted by Crippen LogP contribution is 2.67. The summed E-state index contributed by atoms with van der Waals surface area (Å²) in [6.45, 7) is 4.55. The number of unbranched alkanes of at least 4 members (excludes halogenated alkanes) is 4. The molecule has 0 bridgehead atoms. The fourth-order valence-corrected chi connectivity index (χ4v) is 7.29. The normalized spacial score (nSPS) is 47.7. The third kappa shape index (κ3) is 4.54. The molecule has 2 N–H and O–H groups in total. The van der Waals surface area contributed by atoms with Gasteiger partial charge in [-0.1, -0.05) is 52.0 Å². The summed E-state index contributed by atoms with van der Waals surface area (Å²) in [4.78, 5) is 37.9. The second kappa shape index (κ2) is 10.1. The molecular formula is C29H44O6. The zero-order valence-corrected chi connectivity index (χ0v) is 21.5. The minimum absolute atomic E-state index is 0.0713. The van der Waals surface area contributed by atoms with Gasteiger partial charge in [-0.25, -0.2) is 0 Å². The predicted molar refractivity (Wildman–Crippen MR) is 132 cm³/mol. The van der Waals surface area contributed by atoms with Crippen molar-refractivity contribution in [1.29, 1.82) is 0 Å². The van der Waals surface area contributed by atoms with Crippen molar-refractivity contribution in [3.8, 4) is 0 Å². The second-order valence-electron chi connectivity index (χ2n) is 11.5. The molecule has 3 fully saturated rings. The van der Waals surface area contributed by atoms with Crippen molar-refractivity contribution in [2.75, 3.05) is 6.61 Å². The third-order valence-corrected chi connectivity index (χ3v) is 9.45. The van der Waals surface area contributed by atoms with Crippen LogP contribution < -0.4 is 0 Å². The summed E-state index contributed by atoms with van der Waals surface area (Å²) in [5.74, 6) is -4.82. The third-order valence-electron chi connectivity index (χ3n) is 9.45. The van der Waals surface area contributed by atoms with E-state index in [1.165, 1.54) is 13.0 Å². The number of esters is 1. The second-order valence-corrected chi connectivity index (χ2v) is 11.5. The Labute approximate surface area is 215 Å². The summed E-state index contributed by atoms with van der Waals surface area (Å²) < 4.78 is 42.3. The van der Waals surface area contributed by atoms with E-state index in [0.717, 1.165) is 25.7 Å². The van der Waals surface area contributed by atoms with Gasteiger partial charge in [0.1, 0.15) is 5.60 Å². The molecular weight excluding hydrogens is 444 g/mol. The standard InChI is InChI=1S/C29H44O6/c1-4-5-6-7-8-9-25(33)35-18-24(32)29(34)15-13-22-21-11-10-19-16-20(30)12-14-27(19,2)26(21)23(31)17-28(22,29)3/h16,21-23,26,31,34H,4-15,17-18H2,1-3H3/t21-,22-,23-,26+,27-,28-,29-/m0/s1/i17D2,23D,26D. The number of ether oxygens (including phenoxy) is 1. The van der Waals surface area contributed by atoms with E-state index < -0.39 is 65.0 Å². The van der Waals surface area contributed by atoms with Gasteiger partial charge in [0.25, 0.3) is 0 Å². The van der Waals surface area contributed by atoms with Crippen molar-refractivity contribution in [1.82, 2.24) is 0 Å². The average molecular weight is 493 g/mol. The maximum Gasteiger partial charge on any atom is 0.306 e. The van der Waals surface area contributed by atoms with Crippen LogP contribution in [0.25, 0.3) is 0 Å². The van der Waals surface area contributed by atoms with Gasteiger partial charge in [-0.2, -0.15) is 0 Å². The molecule has 4 aliphatic carbocycles. The average Bonchev–Trinajstić information content (AvgIpc) is 3.16. The smallest absolute Gasteiger partial charge is 0.306 e. The van der Waals surface area contributed by atoms with E-state index in [1.807, 2.05) is 0 Å². The van der Waals surface area contributed by atoms with Crippen LogP contribution in [0.15, 0.2) is 11.6 Å². The lowest BCUT2D eigenvalue weighted by atomic mass is 9.45. The molecule has 0 aromatic heterocycles. The van der Waals surface area contributed by atoms with E-state index in [0.29, 0.717) is 24.8 Å². The summed E-state index contributed by atoms with van der Waals surface area (Å²) in [5.41, 5.74) is -4.61. The number of rotatable bonds is 9. The molecule has 4 rings (SSSR count). The Morgan fingerprint density at radius 2 is 1.91 bits per heavy atom. The highest BCUT2D eigenvalue weighted by molar-refractivity contribution is 5.92. The van der Waals surface area contributed by atoms with Gasteiger partial charge < -0.3 is 14.9 Å². The number of carbonyl (C=O) groups excluding carboxylic acids is 3. The highest BCUT2D eigenvalue weighted by atomic mass is 16.5. The van der Waals surface area contributed by atoms with E-state index >= 15 is 0 Å². The molecule has 3 saturated carbocycles. The first kappa shape index (κ1) is 21.5. The number of hydrogen-bond donors (Lipinski definition) is 2. The van der Waals surface area contributed by atoms with Crippen molar-refractivity contribution in [2.45, 2.75) is 116 Å². The van der Waals surface area contributed by atoms with Crippen molar-refractivity contribution < 1.29 is 34.8 Å². The van der Waals surface area contributed by atoms with Crippen LogP contribution in [-0.2, 0) is 19.1 Å². The molecule has 0 amide bonds. The first-order chi connectivity index (χ1) is 18.1. The molecule has 4 aliphatic rings. The molecule has 0 saturated heterocycles. The van der Waals surface area contributed by atoms with Crippen LogP contribution in [0, 0.1) is 28.6 Å². The lowest BCUT2D eigenvalue weighted by Crippen LogP contribution is -2.62. The Kier molecular flexibility index (Phi) is 6.21. The number of ketones is 2. The van der Waals surface area contributed by atoms with Crippen LogP contribution in [-0.4, -0.2) is 46.0 Å². The van der Waals surface area contributed by atoms with Gasteiger partial charge in [-0.15, -0.1) is 0 Å². The zero-order chi connectivity index (χ0) is 29.1. The lowest BCUT2D eigenvalue weighted by molar-refractivity contribution is -0.184. The molecule has 35 heavy (non-hydrogen) atoms. The molecule has 0 spiro atoms. The number of carbonyl (C=O) groups is 3. The van der Waals surface area contributed by atoms with Crippen molar-refractivity contribution in [3.63, 3.8) is 0 Å². The Bertz CT molecular complexity index is 1060. The number of hydrogen-bond acceptors (Lipinski definition) is 6. The van der Waals surface area contributed by atoms with Crippen LogP contribution >= 0.6 is 0 Å². The van der Waals surface area contributed by atoms with Crippen molar-refractivity contribution in [2.24, 2.45) is 28.6 Å².